The minimum atomic E-state index is 0.291. The first-order valence-corrected chi connectivity index (χ1v) is 5.88. The van der Waals surface area contributed by atoms with Gasteiger partial charge >= 0.3 is 0 Å². The minimum Gasteiger partial charge on any atom is -0.357 e. The summed E-state index contributed by atoms with van der Waals surface area (Å²) in [5, 5.41) is 11.3. The molecule has 2 unspecified atom stereocenters. The van der Waals surface area contributed by atoms with Gasteiger partial charge in [0.15, 0.2) is 0 Å². The van der Waals surface area contributed by atoms with Crippen molar-refractivity contribution in [3.05, 3.63) is 5.82 Å². The Bertz CT molecular complexity index is 318. The Morgan fingerprint density at radius 3 is 2.50 bits per heavy atom. The van der Waals surface area contributed by atoms with Crippen LogP contribution < -0.4 is 11.1 Å². The van der Waals surface area contributed by atoms with Gasteiger partial charge in [-0.15, -0.1) is 10.2 Å². The first-order chi connectivity index (χ1) is 7.56. The van der Waals surface area contributed by atoms with Crippen LogP contribution in [0.5, 0.6) is 0 Å². The van der Waals surface area contributed by atoms with Crippen molar-refractivity contribution < 1.29 is 0 Å². The second-order valence-corrected chi connectivity index (χ2v) is 4.50. The fraction of sp³-hybridized carbons (Fsp3) is 0.818. The summed E-state index contributed by atoms with van der Waals surface area (Å²) in [5.41, 5.74) is 5.73. The highest BCUT2D eigenvalue weighted by atomic mass is 15.3. The summed E-state index contributed by atoms with van der Waals surface area (Å²) in [6.45, 7) is 4.23. The van der Waals surface area contributed by atoms with Gasteiger partial charge < -0.3 is 15.6 Å². The van der Waals surface area contributed by atoms with E-state index in [9.17, 15) is 0 Å². The molecule has 16 heavy (non-hydrogen) atoms. The molecule has 1 heterocycles. The molecule has 92 valence electrons. The van der Waals surface area contributed by atoms with Gasteiger partial charge in [0.05, 0.1) is 0 Å². The van der Waals surface area contributed by atoms with E-state index in [0.29, 0.717) is 12.0 Å². The number of rotatable bonds is 6. The second-order valence-electron chi connectivity index (χ2n) is 4.50. The van der Waals surface area contributed by atoms with Crippen molar-refractivity contribution in [3.63, 3.8) is 0 Å². The Morgan fingerprint density at radius 1 is 1.31 bits per heavy atom. The molecule has 0 amide bonds. The van der Waals surface area contributed by atoms with E-state index < -0.39 is 0 Å². The van der Waals surface area contributed by atoms with Crippen LogP contribution in [0.1, 0.15) is 44.9 Å². The Balaban J connectivity index is 2.52. The van der Waals surface area contributed by atoms with Gasteiger partial charge in [-0.2, -0.15) is 0 Å². The van der Waals surface area contributed by atoms with E-state index in [4.69, 9.17) is 5.73 Å². The van der Waals surface area contributed by atoms with Crippen LogP contribution in [-0.2, 0) is 7.05 Å². The molecule has 3 N–H and O–H groups in total. The quantitative estimate of drug-likeness (QED) is 0.769. The van der Waals surface area contributed by atoms with Gasteiger partial charge in [-0.1, -0.05) is 13.3 Å². The summed E-state index contributed by atoms with van der Waals surface area (Å²) < 4.78 is 2.01. The zero-order valence-corrected chi connectivity index (χ0v) is 10.7. The van der Waals surface area contributed by atoms with Crippen LogP contribution in [0.4, 0.5) is 5.95 Å². The number of nitrogens with two attached hydrogens (primary N) is 1. The number of nitrogens with zero attached hydrogens (tertiary/aromatic N) is 3. The lowest BCUT2D eigenvalue weighted by atomic mass is 10.0. The largest absolute Gasteiger partial charge is 0.357 e. The summed E-state index contributed by atoms with van der Waals surface area (Å²) >= 11 is 0. The molecule has 0 spiro atoms. The highest BCUT2D eigenvalue weighted by Gasteiger charge is 2.14. The van der Waals surface area contributed by atoms with E-state index >= 15 is 0 Å². The van der Waals surface area contributed by atoms with Crippen molar-refractivity contribution in [2.24, 2.45) is 12.8 Å². The maximum atomic E-state index is 5.73. The molecule has 0 aliphatic rings. The van der Waals surface area contributed by atoms with Gasteiger partial charge in [-0.3, -0.25) is 0 Å². The number of hydrogen-bond acceptors (Lipinski definition) is 4. The average Bonchev–Trinajstić information content (AvgIpc) is 2.58. The summed E-state index contributed by atoms with van der Waals surface area (Å²) in [7, 11) is 3.85. The fourth-order valence-electron chi connectivity index (χ4n) is 1.86. The van der Waals surface area contributed by atoms with Crippen LogP contribution in [0.25, 0.3) is 0 Å². The molecule has 2 atom stereocenters. The zero-order chi connectivity index (χ0) is 12.1. The van der Waals surface area contributed by atoms with Gasteiger partial charge in [0.1, 0.15) is 5.82 Å². The lowest BCUT2D eigenvalue weighted by molar-refractivity contribution is 0.533. The van der Waals surface area contributed by atoms with Crippen LogP contribution in [0.15, 0.2) is 0 Å². The van der Waals surface area contributed by atoms with Gasteiger partial charge in [-0.05, 0) is 19.8 Å². The first kappa shape index (κ1) is 13.0. The summed E-state index contributed by atoms with van der Waals surface area (Å²) in [6, 6.07) is 0.291. The number of hydrogen-bond donors (Lipinski definition) is 2. The van der Waals surface area contributed by atoms with Gasteiger partial charge in [0.2, 0.25) is 5.95 Å². The van der Waals surface area contributed by atoms with Gasteiger partial charge in [0, 0.05) is 26.1 Å². The topological polar surface area (TPSA) is 68.8 Å². The normalized spacial score (nSPS) is 14.8. The third-order valence-electron chi connectivity index (χ3n) is 2.87. The monoisotopic (exact) mass is 225 g/mol. The molecule has 5 nitrogen and oxygen atoms in total. The molecule has 0 aliphatic heterocycles. The van der Waals surface area contributed by atoms with E-state index in [1.165, 1.54) is 0 Å². The molecule has 0 fully saturated rings. The molecule has 0 bridgehead atoms. The van der Waals surface area contributed by atoms with Crippen molar-refractivity contribution in [1.82, 2.24) is 14.8 Å². The van der Waals surface area contributed by atoms with E-state index in [0.717, 1.165) is 31.0 Å². The number of anilines is 1. The Kier molecular flexibility index (Phi) is 4.73. The molecule has 5 heteroatoms. The standard InChI is InChI=1S/C11H23N5/c1-8(6-5-7-9(2)12)10-14-15-11(13-3)16(10)4/h8-9H,5-7,12H2,1-4H3,(H,13,15). The third-order valence-corrected chi connectivity index (χ3v) is 2.87. The summed E-state index contributed by atoms with van der Waals surface area (Å²) in [4.78, 5) is 0. The first-order valence-electron chi connectivity index (χ1n) is 5.88. The van der Waals surface area contributed by atoms with E-state index in [-0.39, 0.29) is 0 Å². The van der Waals surface area contributed by atoms with Crippen LogP contribution in [0, 0.1) is 0 Å². The molecule has 0 saturated carbocycles. The van der Waals surface area contributed by atoms with Crippen molar-refractivity contribution in [3.8, 4) is 0 Å². The van der Waals surface area contributed by atoms with Gasteiger partial charge in [0.25, 0.3) is 0 Å². The third kappa shape index (κ3) is 3.20. The predicted octanol–water partition coefficient (Wildman–Crippen LogP) is 1.48. The maximum Gasteiger partial charge on any atom is 0.224 e. The van der Waals surface area contributed by atoms with Crippen molar-refractivity contribution in [1.29, 1.82) is 0 Å². The molecule has 0 radical (unpaired) electrons. The Morgan fingerprint density at radius 2 is 2.00 bits per heavy atom. The Labute approximate surface area is 97.4 Å². The smallest absolute Gasteiger partial charge is 0.224 e. The van der Waals surface area contributed by atoms with Crippen LogP contribution >= 0.6 is 0 Å². The van der Waals surface area contributed by atoms with Crippen LogP contribution in [-0.4, -0.2) is 27.9 Å². The number of nitrogens with one attached hydrogen (secondary N) is 1. The molecule has 0 saturated heterocycles. The SMILES string of the molecule is CNc1nnc(C(C)CCCC(C)N)n1C. The van der Waals surface area contributed by atoms with Crippen molar-refractivity contribution in [2.75, 3.05) is 12.4 Å². The van der Waals surface area contributed by atoms with E-state index in [1.54, 1.807) is 0 Å². The lowest BCUT2D eigenvalue weighted by Crippen LogP contribution is -2.14. The average molecular weight is 225 g/mol. The van der Waals surface area contributed by atoms with Crippen LogP contribution in [0.3, 0.4) is 0 Å². The fourth-order valence-corrected chi connectivity index (χ4v) is 1.86. The van der Waals surface area contributed by atoms with Crippen molar-refractivity contribution >= 4 is 5.95 Å². The molecular formula is C11H23N5. The number of aromatic nitrogens is 3. The molecule has 1 rings (SSSR count). The molecule has 1 aromatic heterocycles. The van der Waals surface area contributed by atoms with E-state index in [2.05, 4.69) is 22.4 Å². The van der Waals surface area contributed by atoms with Crippen LogP contribution in [0.2, 0.25) is 0 Å². The predicted molar refractivity (Wildman–Crippen MR) is 66.5 cm³/mol. The summed E-state index contributed by atoms with van der Waals surface area (Å²) in [6.07, 6.45) is 3.32. The zero-order valence-electron chi connectivity index (χ0n) is 10.7. The lowest BCUT2D eigenvalue weighted by Gasteiger charge is -2.12. The molecule has 0 aliphatic carbocycles. The van der Waals surface area contributed by atoms with Gasteiger partial charge in [-0.25, -0.2) is 0 Å². The highest BCUT2D eigenvalue weighted by Crippen LogP contribution is 2.21. The van der Waals surface area contributed by atoms with E-state index in [1.807, 2.05) is 25.6 Å². The summed E-state index contributed by atoms with van der Waals surface area (Å²) in [5.74, 6) is 2.28. The highest BCUT2D eigenvalue weighted by molar-refractivity contribution is 5.24. The Hall–Kier alpha value is -1.10. The second kappa shape index (κ2) is 5.84. The minimum absolute atomic E-state index is 0.291. The molecule has 1 aromatic rings. The molecular weight excluding hydrogens is 202 g/mol. The molecule has 0 aromatic carbocycles. The van der Waals surface area contributed by atoms with Crippen molar-refractivity contribution in [2.45, 2.75) is 45.1 Å². The maximum absolute atomic E-state index is 5.73.